The highest BCUT2D eigenvalue weighted by molar-refractivity contribution is 6.32. The standard InChI is InChI=1S/C24H25ClN4O3/c1-16(2)32-22-13-12-20(14-21(22)25)23(30)29(28-24(31)27-26)15-17-8-10-19(11-9-17)18-6-4-3-5-7-18/h3-14,16H,15,26H2,1-2H3,(H2,27,28,31). The van der Waals surface area contributed by atoms with Gasteiger partial charge in [-0.05, 0) is 48.7 Å². The summed E-state index contributed by atoms with van der Waals surface area (Å²) in [4.78, 5) is 25.0. The number of carbonyl (C=O) groups is 2. The van der Waals surface area contributed by atoms with Crippen molar-refractivity contribution < 1.29 is 14.3 Å². The van der Waals surface area contributed by atoms with Crippen molar-refractivity contribution in [2.45, 2.75) is 26.5 Å². The Bertz CT molecular complexity index is 1070. The summed E-state index contributed by atoms with van der Waals surface area (Å²) in [5.41, 5.74) is 7.68. The molecule has 0 fully saturated rings. The zero-order chi connectivity index (χ0) is 23.1. The second-order valence-electron chi connectivity index (χ2n) is 7.35. The minimum absolute atomic E-state index is 0.0562. The van der Waals surface area contributed by atoms with Gasteiger partial charge in [-0.2, -0.15) is 0 Å². The van der Waals surface area contributed by atoms with Gasteiger partial charge in [0, 0.05) is 5.56 Å². The van der Waals surface area contributed by atoms with Crippen LogP contribution in [-0.4, -0.2) is 23.1 Å². The van der Waals surface area contributed by atoms with Crippen LogP contribution in [-0.2, 0) is 6.54 Å². The van der Waals surface area contributed by atoms with Crippen LogP contribution in [0.4, 0.5) is 4.79 Å². The third kappa shape index (κ3) is 6.00. The van der Waals surface area contributed by atoms with E-state index in [1.165, 1.54) is 11.1 Å². The molecule has 0 saturated carbocycles. The normalized spacial score (nSPS) is 10.5. The summed E-state index contributed by atoms with van der Waals surface area (Å²) in [6.07, 6.45) is -0.0562. The van der Waals surface area contributed by atoms with E-state index in [0.717, 1.165) is 16.7 Å². The van der Waals surface area contributed by atoms with Crippen LogP contribution in [0.25, 0.3) is 11.1 Å². The highest BCUT2D eigenvalue weighted by Gasteiger charge is 2.20. The predicted octanol–water partition coefficient (Wildman–Crippen LogP) is 4.52. The van der Waals surface area contributed by atoms with Crippen molar-refractivity contribution in [2.75, 3.05) is 0 Å². The minimum atomic E-state index is -0.717. The number of carbonyl (C=O) groups excluding carboxylic acids is 2. The molecule has 3 rings (SSSR count). The highest BCUT2D eigenvalue weighted by atomic mass is 35.5. The van der Waals surface area contributed by atoms with Crippen LogP contribution in [0.15, 0.2) is 72.8 Å². The highest BCUT2D eigenvalue weighted by Crippen LogP contribution is 2.27. The van der Waals surface area contributed by atoms with Crippen molar-refractivity contribution in [3.63, 3.8) is 0 Å². The Labute approximate surface area is 192 Å². The molecule has 4 N–H and O–H groups in total. The molecule has 0 unspecified atom stereocenters. The fourth-order valence-electron chi connectivity index (χ4n) is 3.07. The summed E-state index contributed by atoms with van der Waals surface area (Å²) >= 11 is 6.28. The van der Waals surface area contributed by atoms with Gasteiger partial charge < -0.3 is 4.74 Å². The Balaban J connectivity index is 1.81. The number of rotatable bonds is 6. The van der Waals surface area contributed by atoms with Crippen LogP contribution in [0.5, 0.6) is 5.75 Å². The number of benzene rings is 3. The molecule has 0 aliphatic carbocycles. The molecule has 0 aliphatic rings. The summed E-state index contributed by atoms with van der Waals surface area (Å²) in [6, 6.07) is 21.7. The maximum absolute atomic E-state index is 13.1. The molecule has 0 spiro atoms. The number of ether oxygens (including phenoxy) is 1. The molecule has 3 aromatic rings. The van der Waals surface area contributed by atoms with Crippen LogP contribution in [0.2, 0.25) is 5.02 Å². The number of halogens is 1. The number of urea groups is 1. The maximum Gasteiger partial charge on any atom is 0.347 e. The number of hydrogen-bond acceptors (Lipinski definition) is 4. The van der Waals surface area contributed by atoms with Gasteiger partial charge in [0.1, 0.15) is 5.75 Å². The molecular weight excluding hydrogens is 428 g/mol. The molecule has 32 heavy (non-hydrogen) atoms. The first kappa shape index (κ1) is 23.1. The fraction of sp³-hybridized carbons (Fsp3) is 0.167. The van der Waals surface area contributed by atoms with Crippen molar-refractivity contribution in [3.05, 3.63) is 88.9 Å². The summed E-state index contributed by atoms with van der Waals surface area (Å²) in [5, 5.41) is 1.48. The quantitative estimate of drug-likeness (QED) is 0.291. The van der Waals surface area contributed by atoms with Gasteiger partial charge in [0.2, 0.25) is 0 Å². The molecule has 3 amide bonds. The van der Waals surface area contributed by atoms with E-state index in [0.29, 0.717) is 16.3 Å². The zero-order valence-corrected chi connectivity index (χ0v) is 18.6. The van der Waals surface area contributed by atoms with Crippen molar-refractivity contribution >= 4 is 23.5 Å². The third-order valence-electron chi connectivity index (χ3n) is 4.56. The summed E-state index contributed by atoms with van der Waals surface area (Å²) in [6.45, 7) is 3.90. The van der Waals surface area contributed by atoms with E-state index in [1.807, 2.05) is 73.9 Å². The summed E-state index contributed by atoms with van der Waals surface area (Å²) < 4.78 is 5.61. The van der Waals surface area contributed by atoms with E-state index in [9.17, 15) is 9.59 Å². The average Bonchev–Trinajstić information content (AvgIpc) is 2.80. The number of nitrogens with two attached hydrogens (primary N) is 1. The first-order valence-corrected chi connectivity index (χ1v) is 10.4. The first-order valence-electron chi connectivity index (χ1n) is 10.1. The maximum atomic E-state index is 13.1. The first-order chi connectivity index (χ1) is 15.4. The number of hydrogen-bond donors (Lipinski definition) is 3. The minimum Gasteiger partial charge on any atom is -0.489 e. The van der Waals surface area contributed by atoms with Gasteiger partial charge in [-0.1, -0.05) is 66.2 Å². The largest absolute Gasteiger partial charge is 0.489 e. The Morgan fingerprint density at radius 2 is 1.66 bits per heavy atom. The molecule has 0 aromatic heterocycles. The van der Waals surface area contributed by atoms with E-state index < -0.39 is 11.9 Å². The van der Waals surface area contributed by atoms with Crippen LogP contribution >= 0.6 is 11.6 Å². The van der Waals surface area contributed by atoms with E-state index in [4.69, 9.17) is 22.2 Å². The summed E-state index contributed by atoms with van der Waals surface area (Å²) in [5.74, 6) is 5.22. The molecular formula is C24H25ClN4O3. The van der Waals surface area contributed by atoms with Gasteiger partial charge in [-0.25, -0.2) is 21.1 Å². The lowest BCUT2D eigenvalue weighted by Gasteiger charge is -2.23. The number of nitrogens with one attached hydrogen (secondary N) is 2. The van der Waals surface area contributed by atoms with E-state index in [2.05, 4.69) is 5.43 Å². The van der Waals surface area contributed by atoms with E-state index in [-0.39, 0.29) is 12.6 Å². The van der Waals surface area contributed by atoms with Gasteiger partial charge in [0.05, 0.1) is 17.7 Å². The molecule has 0 aliphatic heterocycles. The fourth-order valence-corrected chi connectivity index (χ4v) is 3.30. The molecule has 0 atom stereocenters. The SMILES string of the molecule is CC(C)Oc1ccc(C(=O)N(Cc2ccc(-c3ccccc3)cc2)NC(=O)NN)cc1Cl. The van der Waals surface area contributed by atoms with Crippen molar-refractivity contribution in [3.8, 4) is 16.9 Å². The molecule has 0 radical (unpaired) electrons. The molecule has 7 nitrogen and oxygen atoms in total. The van der Waals surface area contributed by atoms with E-state index >= 15 is 0 Å². The van der Waals surface area contributed by atoms with Crippen LogP contribution in [0, 0.1) is 0 Å². The molecule has 166 valence electrons. The number of nitrogens with zero attached hydrogens (tertiary/aromatic N) is 1. The second-order valence-corrected chi connectivity index (χ2v) is 7.76. The number of hydrazine groups is 2. The van der Waals surface area contributed by atoms with Gasteiger partial charge in [-0.3, -0.25) is 10.2 Å². The molecule has 3 aromatic carbocycles. The van der Waals surface area contributed by atoms with Crippen molar-refractivity contribution in [1.82, 2.24) is 15.9 Å². The lowest BCUT2D eigenvalue weighted by molar-refractivity contribution is 0.0665. The molecule has 0 heterocycles. The zero-order valence-electron chi connectivity index (χ0n) is 17.8. The lowest BCUT2D eigenvalue weighted by atomic mass is 10.0. The van der Waals surface area contributed by atoms with E-state index in [1.54, 1.807) is 12.1 Å². The molecule has 0 saturated heterocycles. The van der Waals surface area contributed by atoms with Crippen LogP contribution in [0.1, 0.15) is 29.8 Å². The predicted molar refractivity (Wildman–Crippen MR) is 125 cm³/mol. The lowest BCUT2D eigenvalue weighted by Crippen LogP contribution is -2.51. The number of amides is 3. The Kier molecular flexibility index (Phi) is 7.70. The average molecular weight is 453 g/mol. The van der Waals surface area contributed by atoms with Gasteiger partial charge >= 0.3 is 6.03 Å². The topological polar surface area (TPSA) is 96.7 Å². The smallest absolute Gasteiger partial charge is 0.347 e. The Morgan fingerprint density at radius 1 is 1.00 bits per heavy atom. The Morgan fingerprint density at radius 3 is 2.25 bits per heavy atom. The second kappa shape index (κ2) is 10.7. The van der Waals surface area contributed by atoms with Crippen molar-refractivity contribution in [2.24, 2.45) is 5.84 Å². The monoisotopic (exact) mass is 452 g/mol. The Hall–Kier alpha value is -3.55. The molecule has 8 heteroatoms. The van der Waals surface area contributed by atoms with Gasteiger partial charge in [0.15, 0.2) is 0 Å². The van der Waals surface area contributed by atoms with Crippen LogP contribution < -0.4 is 21.4 Å². The van der Waals surface area contributed by atoms with Gasteiger partial charge in [0.25, 0.3) is 5.91 Å². The summed E-state index contributed by atoms with van der Waals surface area (Å²) in [7, 11) is 0. The molecule has 0 bridgehead atoms. The third-order valence-corrected chi connectivity index (χ3v) is 4.85. The van der Waals surface area contributed by atoms with Gasteiger partial charge in [-0.15, -0.1) is 0 Å². The van der Waals surface area contributed by atoms with Crippen LogP contribution in [0.3, 0.4) is 0 Å². The van der Waals surface area contributed by atoms with Crippen molar-refractivity contribution in [1.29, 1.82) is 0 Å².